The third kappa shape index (κ3) is 2.83. The Hall–Kier alpha value is -1.78. The van der Waals surface area contributed by atoms with Crippen molar-refractivity contribution in [2.45, 2.75) is 13.3 Å². The van der Waals surface area contributed by atoms with E-state index >= 15 is 0 Å². The molecule has 1 heterocycles. The van der Waals surface area contributed by atoms with E-state index in [-0.39, 0.29) is 0 Å². The van der Waals surface area contributed by atoms with E-state index in [0.29, 0.717) is 18.1 Å². The second-order valence-electron chi connectivity index (χ2n) is 3.05. The molecule has 2 amide bonds. The van der Waals surface area contributed by atoms with Crippen LogP contribution in [0.15, 0.2) is 18.3 Å². The zero-order chi connectivity index (χ0) is 11.3. The lowest BCUT2D eigenvalue weighted by atomic mass is 10.3. The Balaban J connectivity index is 2.86. The summed E-state index contributed by atoms with van der Waals surface area (Å²) < 4.78 is 4.97. The number of carbonyl (C=O) groups excluding carboxylic acids is 1. The Morgan fingerprint density at radius 3 is 2.73 bits per heavy atom. The third-order valence-corrected chi connectivity index (χ3v) is 1.95. The van der Waals surface area contributed by atoms with Crippen LogP contribution in [0.5, 0.6) is 5.75 Å². The fourth-order valence-corrected chi connectivity index (χ4v) is 1.21. The summed E-state index contributed by atoms with van der Waals surface area (Å²) in [5, 5.41) is 0. The van der Waals surface area contributed by atoms with E-state index in [1.165, 1.54) is 4.90 Å². The maximum absolute atomic E-state index is 11.1. The molecule has 5 heteroatoms. The van der Waals surface area contributed by atoms with Gasteiger partial charge >= 0.3 is 6.03 Å². The summed E-state index contributed by atoms with van der Waals surface area (Å²) in [6.07, 6.45) is 2.39. The topological polar surface area (TPSA) is 68.5 Å². The molecule has 0 aliphatic rings. The SMILES string of the molecule is CCCN(C(N)=O)c1ccc(OC)cn1. The minimum absolute atomic E-state index is 0.491. The highest BCUT2D eigenvalue weighted by molar-refractivity contribution is 5.89. The van der Waals surface area contributed by atoms with Gasteiger partial charge in [-0.1, -0.05) is 6.92 Å². The van der Waals surface area contributed by atoms with Gasteiger partial charge in [0.25, 0.3) is 0 Å². The zero-order valence-electron chi connectivity index (χ0n) is 8.93. The molecule has 1 aromatic rings. The van der Waals surface area contributed by atoms with Crippen molar-refractivity contribution < 1.29 is 9.53 Å². The van der Waals surface area contributed by atoms with Crippen LogP contribution in [0, 0.1) is 0 Å². The van der Waals surface area contributed by atoms with Crippen LogP contribution in [0.1, 0.15) is 13.3 Å². The van der Waals surface area contributed by atoms with Crippen molar-refractivity contribution in [2.75, 3.05) is 18.6 Å². The van der Waals surface area contributed by atoms with Crippen LogP contribution < -0.4 is 15.4 Å². The molecule has 5 nitrogen and oxygen atoms in total. The van der Waals surface area contributed by atoms with E-state index < -0.39 is 6.03 Å². The number of nitrogens with zero attached hydrogens (tertiary/aromatic N) is 2. The minimum Gasteiger partial charge on any atom is -0.495 e. The van der Waals surface area contributed by atoms with Crippen molar-refractivity contribution >= 4 is 11.8 Å². The van der Waals surface area contributed by atoms with Crippen LogP contribution in [0.2, 0.25) is 0 Å². The molecule has 1 rings (SSSR count). The summed E-state index contributed by atoms with van der Waals surface area (Å²) in [7, 11) is 1.56. The van der Waals surface area contributed by atoms with Crippen LogP contribution in [-0.4, -0.2) is 24.7 Å². The summed E-state index contributed by atoms with van der Waals surface area (Å²) in [5.41, 5.74) is 5.24. The molecule has 0 saturated carbocycles. The number of hydrogen-bond donors (Lipinski definition) is 1. The smallest absolute Gasteiger partial charge is 0.320 e. The predicted octanol–water partition coefficient (Wildman–Crippen LogP) is 1.39. The first-order valence-corrected chi connectivity index (χ1v) is 4.76. The Morgan fingerprint density at radius 2 is 2.33 bits per heavy atom. The highest BCUT2D eigenvalue weighted by Gasteiger charge is 2.11. The third-order valence-electron chi connectivity index (χ3n) is 1.95. The molecule has 0 radical (unpaired) electrons. The quantitative estimate of drug-likeness (QED) is 0.814. The Morgan fingerprint density at radius 1 is 1.60 bits per heavy atom. The van der Waals surface area contributed by atoms with Crippen molar-refractivity contribution in [3.8, 4) is 5.75 Å². The second-order valence-corrected chi connectivity index (χ2v) is 3.05. The molecule has 0 atom stereocenters. The highest BCUT2D eigenvalue weighted by Crippen LogP contribution is 2.15. The predicted molar refractivity (Wildman–Crippen MR) is 58.0 cm³/mol. The van der Waals surface area contributed by atoms with Crippen molar-refractivity contribution in [2.24, 2.45) is 5.73 Å². The van der Waals surface area contributed by atoms with Crippen molar-refractivity contribution in [1.82, 2.24) is 4.98 Å². The molecule has 0 aromatic carbocycles. The normalized spacial score (nSPS) is 9.73. The van der Waals surface area contributed by atoms with Gasteiger partial charge in [-0.3, -0.25) is 4.90 Å². The maximum Gasteiger partial charge on any atom is 0.320 e. The molecule has 82 valence electrons. The van der Waals surface area contributed by atoms with Crippen LogP contribution in [0.25, 0.3) is 0 Å². The second kappa shape index (κ2) is 5.19. The average Bonchev–Trinajstić information content (AvgIpc) is 2.26. The zero-order valence-corrected chi connectivity index (χ0v) is 8.93. The molecule has 0 unspecified atom stereocenters. The molecule has 1 aromatic heterocycles. The molecule has 0 saturated heterocycles. The lowest BCUT2D eigenvalue weighted by molar-refractivity contribution is 0.253. The summed E-state index contributed by atoms with van der Waals surface area (Å²) in [6.45, 7) is 2.54. The number of amides is 2. The fourth-order valence-electron chi connectivity index (χ4n) is 1.21. The van der Waals surface area contributed by atoms with Crippen molar-refractivity contribution in [3.63, 3.8) is 0 Å². The van der Waals surface area contributed by atoms with E-state index in [1.54, 1.807) is 25.4 Å². The number of aromatic nitrogens is 1. The van der Waals surface area contributed by atoms with Gasteiger partial charge in [0.15, 0.2) is 0 Å². The van der Waals surface area contributed by atoms with Gasteiger partial charge in [0.1, 0.15) is 11.6 Å². The number of carbonyl (C=O) groups is 1. The van der Waals surface area contributed by atoms with Crippen LogP contribution in [-0.2, 0) is 0 Å². The molecule has 0 bridgehead atoms. The summed E-state index contributed by atoms with van der Waals surface area (Å²) in [4.78, 5) is 16.6. The maximum atomic E-state index is 11.1. The Bertz CT molecular complexity index is 324. The number of primary amides is 1. The molecule has 0 fully saturated rings. The minimum atomic E-state index is -0.491. The molecule has 0 aliphatic carbocycles. The number of urea groups is 1. The fraction of sp³-hybridized carbons (Fsp3) is 0.400. The van der Waals surface area contributed by atoms with E-state index in [1.807, 2.05) is 6.92 Å². The van der Waals surface area contributed by atoms with Gasteiger partial charge in [-0.25, -0.2) is 9.78 Å². The van der Waals surface area contributed by atoms with E-state index in [9.17, 15) is 4.79 Å². The molecule has 2 N–H and O–H groups in total. The van der Waals surface area contributed by atoms with Crippen molar-refractivity contribution in [3.05, 3.63) is 18.3 Å². The van der Waals surface area contributed by atoms with Gasteiger partial charge in [-0.05, 0) is 18.6 Å². The van der Waals surface area contributed by atoms with Gasteiger partial charge in [-0.15, -0.1) is 0 Å². The van der Waals surface area contributed by atoms with Gasteiger partial charge in [-0.2, -0.15) is 0 Å². The van der Waals surface area contributed by atoms with Gasteiger partial charge < -0.3 is 10.5 Å². The largest absolute Gasteiger partial charge is 0.495 e. The molecular formula is C10H15N3O2. The lowest BCUT2D eigenvalue weighted by Gasteiger charge is -2.18. The standard InChI is InChI=1S/C10H15N3O2/c1-3-6-13(10(11)14)9-5-4-8(15-2)7-12-9/h4-5,7H,3,6H2,1-2H3,(H2,11,14). The number of pyridine rings is 1. The summed E-state index contributed by atoms with van der Waals surface area (Å²) in [5.74, 6) is 1.20. The van der Waals surface area contributed by atoms with Crippen LogP contribution >= 0.6 is 0 Å². The summed E-state index contributed by atoms with van der Waals surface area (Å²) >= 11 is 0. The number of methoxy groups -OCH3 is 1. The summed E-state index contributed by atoms with van der Waals surface area (Å²) in [6, 6.07) is 2.96. The lowest BCUT2D eigenvalue weighted by Crippen LogP contribution is -2.36. The van der Waals surface area contributed by atoms with E-state index in [0.717, 1.165) is 6.42 Å². The molecule has 15 heavy (non-hydrogen) atoms. The Labute approximate surface area is 88.9 Å². The van der Waals surface area contributed by atoms with Crippen molar-refractivity contribution in [1.29, 1.82) is 0 Å². The average molecular weight is 209 g/mol. The van der Waals surface area contributed by atoms with E-state index in [4.69, 9.17) is 10.5 Å². The van der Waals surface area contributed by atoms with E-state index in [2.05, 4.69) is 4.98 Å². The number of anilines is 1. The number of ether oxygens (including phenoxy) is 1. The van der Waals surface area contributed by atoms with Gasteiger partial charge in [0.05, 0.1) is 13.3 Å². The number of hydrogen-bond acceptors (Lipinski definition) is 3. The Kier molecular flexibility index (Phi) is 3.91. The van der Waals surface area contributed by atoms with Crippen LogP contribution in [0.3, 0.4) is 0 Å². The van der Waals surface area contributed by atoms with Gasteiger partial charge in [0.2, 0.25) is 0 Å². The first-order chi connectivity index (χ1) is 7.19. The highest BCUT2D eigenvalue weighted by atomic mass is 16.5. The van der Waals surface area contributed by atoms with Crippen LogP contribution in [0.4, 0.5) is 10.6 Å². The molecule has 0 spiro atoms. The number of rotatable bonds is 4. The van der Waals surface area contributed by atoms with Gasteiger partial charge in [0, 0.05) is 6.54 Å². The number of nitrogens with two attached hydrogens (primary N) is 1. The molecular weight excluding hydrogens is 194 g/mol. The monoisotopic (exact) mass is 209 g/mol. The first-order valence-electron chi connectivity index (χ1n) is 4.76. The first kappa shape index (κ1) is 11.3. The molecule has 0 aliphatic heterocycles.